The highest BCUT2D eigenvalue weighted by atomic mass is 19.1. The van der Waals surface area contributed by atoms with Crippen LogP contribution in [0.3, 0.4) is 0 Å². The van der Waals surface area contributed by atoms with Crippen LogP contribution in [0.1, 0.15) is 51.2 Å². The molecular formula is C28H36FN5O3. The van der Waals surface area contributed by atoms with Gasteiger partial charge < -0.3 is 19.9 Å². The van der Waals surface area contributed by atoms with Crippen molar-refractivity contribution in [2.45, 2.75) is 70.8 Å². The number of ether oxygens (including phenoxy) is 2. The van der Waals surface area contributed by atoms with Gasteiger partial charge in [0.05, 0.1) is 43.7 Å². The third kappa shape index (κ3) is 5.45. The van der Waals surface area contributed by atoms with Gasteiger partial charge in [0.25, 0.3) is 0 Å². The quantitative estimate of drug-likeness (QED) is 0.513. The Balaban J connectivity index is 1.51. The highest BCUT2D eigenvalue weighted by Gasteiger charge is 2.27. The molecule has 0 aliphatic carbocycles. The summed E-state index contributed by atoms with van der Waals surface area (Å²) in [6.07, 6.45) is 3.12. The number of halogens is 1. The number of hydrogen-bond donors (Lipinski definition) is 2. The summed E-state index contributed by atoms with van der Waals surface area (Å²) in [6.45, 7) is 11.8. The Morgan fingerprint density at radius 2 is 1.89 bits per heavy atom. The minimum Gasteiger partial charge on any atom is -0.389 e. The summed E-state index contributed by atoms with van der Waals surface area (Å²) in [5.41, 5.74) is 4.15. The van der Waals surface area contributed by atoms with Gasteiger partial charge in [-0.15, -0.1) is 0 Å². The second-order valence-electron chi connectivity index (χ2n) is 10.6. The molecule has 0 amide bonds. The van der Waals surface area contributed by atoms with E-state index in [1.165, 1.54) is 17.3 Å². The van der Waals surface area contributed by atoms with Gasteiger partial charge in [-0.1, -0.05) is 19.9 Å². The Labute approximate surface area is 217 Å². The summed E-state index contributed by atoms with van der Waals surface area (Å²) in [5.74, 6) is 0.0437. The summed E-state index contributed by atoms with van der Waals surface area (Å²) in [6, 6.07) is 6.17. The minimum atomic E-state index is -0.665. The van der Waals surface area contributed by atoms with Crippen LogP contribution in [-0.2, 0) is 16.0 Å². The molecule has 2 saturated heterocycles. The average molecular weight is 510 g/mol. The van der Waals surface area contributed by atoms with E-state index < -0.39 is 11.9 Å². The number of aliphatic hydroxyl groups is 1. The lowest BCUT2D eigenvalue weighted by molar-refractivity contribution is -0.0411. The first kappa shape index (κ1) is 25.9. The van der Waals surface area contributed by atoms with Crippen molar-refractivity contribution < 1.29 is 19.0 Å². The van der Waals surface area contributed by atoms with Crippen molar-refractivity contribution in [3.8, 4) is 11.3 Å². The van der Waals surface area contributed by atoms with Gasteiger partial charge in [-0.3, -0.25) is 9.88 Å². The Hall–Kier alpha value is -2.72. The topological polar surface area (TPSA) is 92.6 Å². The van der Waals surface area contributed by atoms with Crippen molar-refractivity contribution in [3.63, 3.8) is 0 Å². The summed E-state index contributed by atoms with van der Waals surface area (Å²) in [7, 11) is 0. The molecule has 0 unspecified atom stereocenters. The average Bonchev–Trinajstić information content (AvgIpc) is 2.88. The maximum absolute atomic E-state index is 15.0. The van der Waals surface area contributed by atoms with E-state index in [4.69, 9.17) is 14.5 Å². The normalized spacial score (nSPS) is 25.1. The number of benzene rings is 1. The molecule has 4 heterocycles. The number of aliphatic hydroxyl groups excluding tert-OH is 1. The zero-order valence-corrected chi connectivity index (χ0v) is 21.9. The molecule has 0 spiro atoms. The molecule has 0 radical (unpaired) electrons. The largest absolute Gasteiger partial charge is 0.389 e. The van der Waals surface area contributed by atoms with Gasteiger partial charge in [0.2, 0.25) is 5.95 Å². The molecule has 1 aromatic carbocycles. The minimum absolute atomic E-state index is 0.219. The van der Waals surface area contributed by atoms with Crippen LogP contribution in [0.15, 0.2) is 30.6 Å². The molecular weight excluding hydrogens is 473 g/mol. The number of fused-ring (bicyclic) bond motifs is 1. The van der Waals surface area contributed by atoms with E-state index >= 15 is 0 Å². The van der Waals surface area contributed by atoms with E-state index in [0.717, 1.165) is 30.7 Å². The Morgan fingerprint density at radius 1 is 1.11 bits per heavy atom. The summed E-state index contributed by atoms with van der Waals surface area (Å²) >= 11 is 0. The van der Waals surface area contributed by atoms with E-state index in [1.54, 1.807) is 0 Å². The second kappa shape index (κ2) is 10.9. The molecule has 2 aliphatic heterocycles. The van der Waals surface area contributed by atoms with Crippen LogP contribution in [0.25, 0.3) is 22.2 Å². The number of morpholine rings is 1. The molecule has 0 saturated carbocycles. The molecule has 37 heavy (non-hydrogen) atoms. The number of nitrogens with zero attached hydrogens (tertiary/aromatic N) is 4. The van der Waals surface area contributed by atoms with Gasteiger partial charge in [-0.05, 0) is 49.4 Å². The third-order valence-corrected chi connectivity index (χ3v) is 7.43. The van der Waals surface area contributed by atoms with Gasteiger partial charge in [0, 0.05) is 42.4 Å². The van der Waals surface area contributed by atoms with E-state index in [2.05, 4.69) is 47.9 Å². The van der Waals surface area contributed by atoms with E-state index in [9.17, 15) is 9.50 Å². The highest BCUT2D eigenvalue weighted by Crippen LogP contribution is 2.33. The van der Waals surface area contributed by atoms with Crippen molar-refractivity contribution in [2.24, 2.45) is 0 Å². The summed E-state index contributed by atoms with van der Waals surface area (Å²) in [4.78, 5) is 15.8. The molecule has 2 aromatic heterocycles. The maximum Gasteiger partial charge on any atom is 0.223 e. The van der Waals surface area contributed by atoms with Crippen LogP contribution in [-0.4, -0.2) is 75.6 Å². The number of hydrogen-bond acceptors (Lipinski definition) is 8. The van der Waals surface area contributed by atoms with Crippen LogP contribution in [0.2, 0.25) is 0 Å². The Bertz CT molecular complexity index is 1250. The van der Waals surface area contributed by atoms with Crippen molar-refractivity contribution in [1.29, 1.82) is 0 Å². The number of aromatic nitrogens is 3. The van der Waals surface area contributed by atoms with Crippen LogP contribution in [0, 0.1) is 5.82 Å². The van der Waals surface area contributed by atoms with Gasteiger partial charge >= 0.3 is 0 Å². The lowest BCUT2D eigenvalue weighted by Gasteiger charge is -2.39. The first-order valence-electron chi connectivity index (χ1n) is 13.1. The van der Waals surface area contributed by atoms with Crippen molar-refractivity contribution in [3.05, 3.63) is 47.5 Å². The Kier molecular flexibility index (Phi) is 7.67. The fraction of sp³-hybridized carbons (Fsp3) is 0.536. The van der Waals surface area contributed by atoms with Gasteiger partial charge in [0.1, 0.15) is 5.69 Å². The zero-order chi connectivity index (χ0) is 26.1. The molecule has 4 atom stereocenters. The molecule has 2 N–H and O–H groups in total. The first-order chi connectivity index (χ1) is 17.8. The van der Waals surface area contributed by atoms with Crippen molar-refractivity contribution in [1.82, 2.24) is 19.9 Å². The Morgan fingerprint density at radius 3 is 2.62 bits per heavy atom. The van der Waals surface area contributed by atoms with Gasteiger partial charge in [-0.2, -0.15) is 0 Å². The fourth-order valence-corrected chi connectivity index (χ4v) is 5.45. The smallest absolute Gasteiger partial charge is 0.223 e. The van der Waals surface area contributed by atoms with E-state index in [1.807, 2.05) is 24.4 Å². The molecule has 2 aliphatic rings. The maximum atomic E-state index is 15.0. The van der Waals surface area contributed by atoms with Crippen LogP contribution in [0.5, 0.6) is 0 Å². The molecule has 198 valence electrons. The van der Waals surface area contributed by atoms with Gasteiger partial charge in [0.15, 0.2) is 5.82 Å². The van der Waals surface area contributed by atoms with Crippen molar-refractivity contribution >= 4 is 16.9 Å². The lowest BCUT2D eigenvalue weighted by Crippen LogP contribution is -2.49. The molecule has 8 nitrogen and oxygen atoms in total. The third-order valence-electron chi connectivity index (χ3n) is 7.43. The number of anilines is 1. The number of rotatable bonds is 6. The molecule has 3 aromatic rings. The monoisotopic (exact) mass is 509 g/mol. The molecule has 9 heteroatoms. The summed E-state index contributed by atoms with van der Waals surface area (Å²) in [5, 5.41) is 14.4. The lowest BCUT2D eigenvalue weighted by atomic mass is 9.92. The van der Waals surface area contributed by atoms with Crippen LogP contribution in [0.4, 0.5) is 10.3 Å². The van der Waals surface area contributed by atoms with Gasteiger partial charge in [-0.25, -0.2) is 14.4 Å². The number of nitrogens with one attached hydrogen (secondary N) is 1. The predicted octanol–water partition coefficient (Wildman–Crippen LogP) is 4.13. The highest BCUT2D eigenvalue weighted by molar-refractivity contribution is 5.88. The van der Waals surface area contributed by atoms with Crippen LogP contribution >= 0.6 is 0 Å². The number of pyridine rings is 1. The SMILES string of the molecule is CC(C)c1c(CN2[C@@H](C)COC[C@@H]2C)cnc2ccc(-c3nc(N[C@@H]4CCOC[C@H]4O)ncc3F)cc12. The zero-order valence-electron chi connectivity index (χ0n) is 21.9. The molecule has 0 bridgehead atoms. The molecule has 2 fully saturated rings. The second-order valence-corrected chi connectivity index (χ2v) is 10.6. The predicted molar refractivity (Wildman–Crippen MR) is 141 cm³/mol. The fourth-order valence-electron chi connectivity index (χ4n) is 5.45. The van der Waals surface area contributed by atoms with Crippen LogP contribution < -0.4 is 5.32 Å². The summed E-state index contributed by atoms with van der Waals surface area (Å²) < 4.78 is 26.0. The van der Waals surface area contributed by atoms with E-state index in [-0.39, 0.29) is 30.2 Å². The van der Waals surface area contributed by atoms with E-state index in [0.29, 0.717) is 30.7 Å². The van der Waals surface area contributed by atoms with Crippen molar-refractivity contribution in [2.75, 3.05) is 31.7 Å². The molecule has 5 rings (SSSR count). The standard InChI is InChI=1S/C28H36FN5O3/c1-16(2)26-20(12-34-17(3)13-37-14-18(34)4)10-30-23-6-5-19(9-21(23)26)27-22(29)11-31-28(33-27)32-24-7-8-36-15-25(24)35/h5-6,9-11,16-18,24-25,35H,7-8,12-15H2,1-4H3,(H,31,32,33)/t17-,18-,24+,25+/m0/s1. The first-order valence-corrected chi connectivity index (χ1v) is 13.1.